The fourth-order valence-electron chi connectivity index (χ4n) is 9.58. The number of hydrogen-bond acceptors (Lipinski definition) is 6. The van der Waals surface area contributed by atoms with Crippen molar-refractivity contribution in [1.82, 2.24) is 0 Å². The Morgan fingerprint density at radius 1 is 0.266 bits per heavy atom. The van der Waals surface area contributed by atoms with Crippen molar-refractivity contribution in [2.24, 2.45) is 0 Å². The molecule has 0 fully saturated rings. The fraction of sp³-hybridized carbons (Fsp3) is 0.740. The van der Waals surface area contributed by atoms with Crippen LogP contribution in [0.5, 0.6) is 0 Å². The van der Waals surface area contributed by atoms with Crippen LogP contribution in [-0.4, -0.2) is 37.2 Å². The van der Waals surface area contributed by atoms with Crippen molar-refractivity contribution in [1.29, 1.82) is 0 Å². The lowest BCUT2D eigenvalue weighted by molar-refractivity contribution is -0.167. The Labute approximate surface area is 489 Å². The van der Waals surface area contributed by atoms with Crippen LogP contribution in [0.15, 0.2) is 97.2 Å². The minimum atomic E-state index is -0.776. The molecule has 0 aliphatic rings. The van der Waals surface area contributed by atoms with E-state index >= 15 is 0 Å². The molecule has 0 aromatic heterocycles. The summed E-state index contributed by atoms with van der Waals surface area (Å²) in [5.41, 5.74) is 0. The maximum absolute atomic E-state index is 12.8. The van der Waals surface area contributed by atoms with Gasteiger partial charge in [0.05, 0.1) is 0 Å². The highest BCUT2D eigenvalue weighted by Crippen LogP contribution is 2.17. The molecule has 0 rings (SSSR count). The summed E-state index contributed by atoms with van der Waals surface area (Å²) in [6.07, 6.45) is 90.5. The molecule has 0 radical (unpaired) electrons. The average molecular weight is 1100 g/mol. The highest BCUT2D eigenvalue weighted by atomic mass is 16.6. The van der Waals surface area contributed by atoms with Crippen LogP contribution in [0.3, 0.4) is 0 Å². The van der Waals surface area contributed by atoms with Gasteiger partial charge >= 0.3 is 17.9 Å². The Bertz CT molecular complexity index is 1540. The van der Waals surface area contributed by atoms with Crippen LogP contribution in [0.2, 0.25) is 0 Å². The molecule has 0 aliphatic heterocycles. The smallest absolute Gasteiger partial charge is 0.306 e. The van der Waals surface area contributed by atoms with E-state index in [1.807, 2.05) is 0 Å². The molecule has 79 heavy (non-hydrogen) atoms. The van der Waals surface area contributed by atoms with E-state index in [0.29, 0.717) is 19.3 Å². The van der Waals surface area contributed by atoms with E-state index in [2.05, 4.69) is 118 Å². The molecule has 0 N–H and O–H groups in total. The highest BCUT2D eigenvalue weighted by molar-refractivity contribution is 5.71. The molecule has 0 saturated heterocycles. The molecule has 454 valence electrons. The summed E-state index contributed by atoms with van der Waals surface area (Å²) in [5.74, 6) is -0.887. The third-order valence-corrected chi connectivity index (χ3v) is 14.6. The van der Waals surface area contributed by atoms with Crippen LogP contribution < -0.4 is 0 Å². The minimum Gasteiger partial charge on any atom is -0.462 e. The lowest BCUT2D eigenvalue weighted by Gasteiger charge is -2.18. The number of rotatable bonds is 61. The van der Waals surface area contributed by atoms with Crippen molar-refractivity contribution >= 4 is 17.9 Å². The van der Waals surface area contributed by atoms with Gasteiger partial charge in [-0.3, -0.25) is 14.4 Å². The Morgan fingerprint density at radius 2 is 0.494 bits per heavy atom. The largest absolute Gasteiger partial charge is 0.462 e. The zero-order chi connectivity index (χ0) is 57.1. The number of carbonyl (C=O) groups excluding carboxylic acids is 3. The van der Waals surface area contributed by atoms with Crippen molar-refractivity contribution in [3.63, 3.8) is 0 Å². The zero-order valence-electron chi connectivity index (χ0n) is 52.1. The number of carbonyl (C=O) groups is 3. The van der Waals surface area contributed by atoms with Crippen LogP contribution in [0, 0.1) is 0 Å². The highest BCUT2D eigenvalue weighted by Gasteiger charge is 2.19. The maximum atomic E-state index is 12.8. The first kappa shape index (κ1) is 75.3. The number of unbranched alkanes of at least 4 members (excludes halogenated alkanes) is 34. The van der Waals surface area contributed by atoms with E-state index in [-0.39, 0.29) is 31.1 Å². The summed E-state index contributed by atoms with van der Waals surface area (Å²) in [6, 6.07) is 0. The molecule has 0 bridgehead atoms. The Hall–Kier alpha value is -3.67. The monoisotopic (exact) mass is 1100 g/mol. The average Bonchev–Trinajstić information content (AvgIpc) is 3.45. The van der Waals surface area contributed by atoms with E-state index in [9.17, 15) is 14.4 Å². The molecule has 1 atom stereocenters. The van der Waals surface area contributed by atoms with Crippen LogP contribution in [0.1, 0.15) is 329 Å². The van der Waals surface area contributed by atoms with Gasteiger partial charge in [0.15, 0.2) is 6.10 Å². The van der Waals surface area contributed by atoms with Gasteiger partial charge in [-0.25, -0.2) is 0 Å². The third-order valence-electron chi connectivity index (χ3n) is 14.6. The molecular weight excluding hydrogens is 973 g/mol. The number of ether oxygens (including phenoxy) is 3. The maximum Gasteiger partial charge on any atom is 0.306 e. The van der Waals surface area contributed by atoms with Gasteiger partial charge in [-0.05, 0) is 83.5 Å². The normalized spacial score (nSPS) is 12.7. The SMILES string of the molecule is CC/C=C\C/C=C\C/C=C\C/C=C\C/C=C\C/C=C\C/C=C\C/C=C\CCCCCCCCCCC(=O)OCC(COC(=O)CCCCCCC)OC(=O)CCCCCCCCCCCCCCCCCCCCCCCCC. The molecule has 0 amide bonds. The van der Waals surface area contributed by atoms with E-state index in [0.717, 1.165) is 122 Å². The molecule has 1 unspecified atom stereocenters. The second kappa shape index (κ2) is 66.8. The first-order valence-corrected chi connectivity index (χ1v) is 33.7. The van der Waals surface area contributed by atoms with Gasteiger partial charge in [-0.1, -0.05) is 323 Å². The second-order valence-electron chi connectivity index (χ2n) is 22.4. The van der Waals surface area contributed by atoms with Gasteiger partial charge < -0.3 is 14.2 Å². The predicted molar refractivity (Wildman–Crippen MR) is 344 cm³/mol. The Morgan fingerprint density at radius 3 is 0.772 bits per heavy atom. The summed E-state index contributed by atoms with van der Waals surface area (Å²) in [5, 5.41) is 0. The van der Waals surface area contributed by atoms with E-state index in [1.54, 1.807) is 0 Å². The topological polar surface area (TPSA) is 78.9 Å². The predicted octanol–water partition coefficient (Wildman–Crippen LogP) is 23.2. The van der Waals surface area contributed by atoms with Crippen molar-refractivity contribution < 1.29 is 28.6 Å². The van der Waals surface area contributed by atoms with Gasteiger partial charge in [-0.2, -0.15) is 0 Å². The standard InChI is InChI=1S/C73H126O6/c1-4-7-10-13-15-17-19-21-23-25-27-29-31-32-33-34-35-36-37-38-39-40-42-43-45-47-49-51-53-55-57-60-63-66-72(75)78-69-70(68-77-71(74)65-62-59-12-9-6-3)79-73(76)67-64-61-58-56-54-52-50-48-46-44-41-30-28-26-24-22-20-18-16-14-11-8-5-2/h7,10,15,17,21,23,27,29,32-33,35-36,38-39,42-43,70H,4-6,8-9,11-14,16,18-20,22,24-26,28,30-31,34,37,40-41,44-69H2,1-3H3/b10-7-,17-15-,23-21-,29-27-,33-32-,36-35-,39-38-,43-42-. The lowest BCUT2D eigenvalue weighted by Crippen LogP contribution is -2.30. The first-order chi connectivity index (χ1) is 39.0. The lowest BCUT2D eigenvalue weighted by atomic mass is 10.0. The van der Waals surface area contributed by atoms with Crippen LogP contribution in [-0.2, 0) is 28.6 Å². The summed E-state index contributed by atoms with van der Waals surface area (Å²) < 4.78 is 16.8. The van der Waals surface area contributed by atoms with E-state index in [4.69, 9.17) is 14.2 Å². The summed E-state index contributed by atoms with van der Waals surface area (Å²) in [4.78, 5) is 38.0. The van der Waals surface area contributed by atoms with Crippen LogP contribution in [0.4, 0.5) is 0 Å². The summed E-state index contributed by atoms with van der Waals surface area (Å²) in [6.45, 7) is 6.47. The number of esters is 3. The molecule has 6 nitrogen and oxygen atoms in total. The molecule has 0 aromatic rings. The second-order valence-corrected chi connectivity index (χ2v) is 22.4. The Kier molecular flexibility index (Phi) is 63.7. The zero-order valence-corrected chi connectivity index (χ0v) is 52.1. The third kappa shape index (κ3) is 65.0. The van der Waals surface area contributed by atoms with Crippen molar-refractivity contribution in [2.75, 3.05) is 13.2 Å². The molecule has 0 spiro atoms. The van der Waals surface area contributed by atoms with E-state index in [1.165, 1.54) is 167 Å². The van der Waals surface area contributed by atoms with E-state index < -0.39 is 6.10 Å². The summed E-state index contributed by atoms with van der Waals surface area (Å²) >= 11 is 0. The minimum absolute atomic E-state index is 0.0772. The fourth-order valence-corrected chi connectivity index (χ4v) is 9.58. The molecule has 0 heterocycles. The number of allylic oxidation sites excluding steroid dienone is 16. The molecule has 0 saturated carbocycles. The summed E-state index contributed by atoms with van der Waals surface area (Å²) in [7, 11) is 0. The van der Waals surface area contributed by atoms with Gasteiger partial charge in [0.25, 0.3) is 0 Å². The quantitative estimate of drug-likeness (QED) is 0.0261. The van der Waals surface area contributed by atoms with Gasteiger partial charge in [0.1, 0.15) is 13.2 Å². The molecule has 0 aromatic carbocycles. The first-order valence-electron chi connectivity index (χ1n) is 33.7. The van der Waals surface area contributed by atoms with Crippen LogP contribution >= 0.6 is 0 Å². The van der Waals surface area contributed by atoms with Crippen molar-refractivity contribution in [3.05, 3.63) is 97.2 Å². The van der Waals surface area contributed by atoms with Crippen molar-refractivity contribution in [3.8, 4) is 0 Å². The molecular formula is C73H126O6. The Balaban J connectivity index is 4.03. The molecule has 6 heteroatoms. The van der Waals surface area contributed by atoms with Gasteiger partial charge in [0, 0.05) is 19.3 Å². The van der Waals surface area contributed by atoms with Crippen molar-refractivity contribution in [2.45, 2.75) is 335 Å². The van der Waals surface area contributed by atoms with Gasteiger partial charge in [-0.15, -0.1) is 0 Å². The van der Waals surface area contributed by atoms with Crippen LogP contribution in [0.25, 0.3) is 0 Å². The van der Waals surface area contributed by atoms with Gasteiger partial charge in [0.2, 0.25) is 0 Å². The number of hydrogen-bond donors (Lipinski definition) is 0. The molecule has 0 aliphatic carbocycles.